The maximum Gasteiger partial charge on any atom is 0.0259 e. The van der Waals surface area contributed by atoms with Gasteiger partial charge in [0.2, 0.25) is 0 Å². The van der Waals surface area contributed by atoms with Crippen molar-refractivity contribution in [3.05, 3.63) is 65.2 Å². The zero-order valence-corrected chi connectivity index (χ0v) is 13.9. The minimum absolute atomic E-state index is 0.106. The lowest BCUT2D eigenvalue weighted by molar-refractivity contribution is 0.575. The van der Waals surface area contributed by atoms with E-state index in [9.17, 15) is 0 Å². The summed E-state index contributed by atoms with van der Waals surface area (Å²) in [5.41, 5.74) is 8.88. The normalized spacial score (nSPS) is 26.6. The Balaban J connectivity index is 1.63. The summed E-state index contributed by atoms with van der Waals surface area (Å²) in [5.74, 6) is 0. The Morgan fingerprint density at radius 2 is 1.78 bits per heavy atom. The van der Waals surface area contributed by atoms with Gasteiger partial charge in [-0.25, -0.2) is 0 Å². The molecule has 2 heterocycles. The van der Waals surface area contributed by atoms with E-state index in [0.29, 0.717) is 12.1 Å². The second-order valence-electron chi connectivity index (χ2n) is 7.87. The van der Waals surface area contributed by atoms with Crippen molar-refractivity contribution in [2.75, 3.05) is 0 Å². The SMILES string of the molecule is CC1(C)c2ccccc2-c2ccc(C3=CC4CCC(C3)N4)cc21. The molecule has 0 radical (unpaired) electrons. The number of hydrogen-bond acceptors (Lipinski definition) is 1. The summed E-state index contributed by atoms with van der Waals surface area (Å²) in [6.07, 6.45) is 6.28. The largest absolute Gasteiger partial charge is 0.307 e. The molecule has 2 aromatic rings. The van der Waals surface area contributed by atoms with Crippen LogP contribution in [0, 0.1) is 0 Å². The Morgan fingerprint density at radius 3 is 2.65 bits per heavy atom. The van der Waals surface area contributed by atoms with Crippen LogP contribution in [0.4, 0.5) is 0 Å². The molecule has 0 spiro atoms. The molecule has 0 amide bonds. The molecule has 2 aliphatic heterocycles. The van der Waals surface area contributed by atoms with E-state index < -0.39 is 0 Å². The Kier molecular flexibility index (Phi) is 2.70. The quantitative estimate of drug-likeness (QED) is 0.790. The van der Waals surface area contributed by atoms with Crippen LogP contribution in [0.5, 0.6) is 0 Å². The van der Waals surface area contributed by atoms with Crippen LogP contribution >= 0.6 is 0 Å². The Hall–Kier alpha value is -1.86. The Labute approximate surface area is 138 Å². The van der Waals surface area contributed by atoms with Gasteiger partial charge in [0.05, 0.1) is 0 Å². The van der Waals surface area contributed by atoms with E-state index in [1.54, 1.807) is 5.57 Å². The zero-order valence-electron chi connectivity index (χ0n) is 13.9. The fourth-order valence-corrected chi connectivity index (χ4v) is 4.84. The first-order chi connectivity index (χ1) is 11.1. The second kappa shape index (κ2) is 4.58. The third-order valence-electron chi connectivity index (χ3n) is 6.10. The van der Waals surface area contributed by atoms with Gasteiger partial charge in [-0.15, -0.1) is 0 Å². The van der Waals surface area contributed by atoms with Gasteiger partial charge in [0.15, 0.2) is 0 Å². The zero-order chi connectivity index (χ0) is 15.6. The maximum absolute atomic E-state index is 3.70. The minimum atomic E-state index is 0.106. The summed E-state index contributed by atoms with van der Waals surface area (Å²) in [6, 6.07) is 17.3. The van der Waals surface area contributed by atoms with Crippen LogP contribution < -0.4 is 5.32 Å². The van der Waals surface area contributed by atoms with Gasteiger partial charge >= 0.3 is 0 Å². The molecule has 1 saturated heterocycles. The molecule has 1 fully saturated rings. The van der Waals surface area contributed by atoms with Crippen LogP contribution in [-0.4, -0.2) is 12.1 Å². The van der Waals surface area contributed by atoms with Gasteiger partial charge < -0.3 is 5.32 Å². The van der Waals surface area contributed by atoms with Gasteiger partial charge in [-0.1, -0.05) is 56.3 Å². The van der Waals surface area contributed by atoms with Gasteiger partial charge in [0.1, 0.15) is 0 Å². The van der Waals surface area contributed by atoms with E-state index >= 15 is 0 Å². The fraction of sp³-hybridized carbons (Fsp3) is 0.364. The molecule has 2 bridgehead atoms. The smallest absolute Gasteiger partial charge is 0.0259 e. The van der Waals surface area contributed by atoms with Gasteiger partial charge in [-0.2, -0.15) is 0 Å². The topological polar surface area (TPSA) is 12.0 Å². The minimum Gasteiger partial charge on any atom is -0.307 e. The number of nitrogens with one attached hydrogen (secondary N) is 1. The van der Waals surface area contributed by atoms with Crippen LogP contribution in [0.25, 0.3) is 16.7 Å². The molecule has 5 rings (SSSR count). The van der Waals surface area contributed by atoms with E-state index in [1.807, 2.05) is 0 Å². The summed E-state index contributed by atoms with van der Waals surface area (Å²) in [6.45, 7) is 4.73. The molecule has 3 aliphatic rings. The molecule has 0 saturated carbocycles. The van der Waals surface area contributed by atoms with Crippen molar-refractivity contribution in [3.63, 3.8) is 0 Å². The highest BCUT2D eigenvalue weighted by molar-refractivity contribution is 5.83. The van der Waals surface area contributed by atoms with E-state index in [-0.39, 0.29) is 5.41 Å². The monoisotopic (exact) mass is 301 g/mol. The molecule has 1 aliphatic carbocycles. The number of benzene rings is 2. The summed E-state index contributed by atoms with van der Waals surface area (Å²) in [4.78, 5) is 0. The van der Waals surface area contributed by atoms with Gasteiger partial charge in [0, 0.05) is 17.5 Å². The number of fused-ring (bicyclic) bond motifs is 5. The standard InChI is InChI=1S/C22H23N/c1-22(2)20-6-4-3-5-18(20)19-10-7-14(13-21(19)22)15-11-16-8-9-17(12-15)23-16/h3-7,10-11,13,16-17,23H,8-9,12H2,1-2H3. The first-order valence-electron chi connectivity index (χ1n) is 8.84. The van der Waals surface area contributed by atoms with E-state index in [2.05, 4.69) is 67.7 Å². The summed E-state index contributed by atoms with van der Waals surface area (Å²) in [7, 11) is 0. The van der Waals surface area contributed by atoms with Crippen molar-refractivity contribution in [1.29, 1.82) is 0 Å². The highest BCUT2D eigenvalue weighted by Crippen LogP contribution is 2.49. The molecule has 2 unspecified atom stereocenters. The summed E-state index contributed by atoms with van der Waals surface area (Å²) < 4.78 is 0. The van der Waals surface area contributed by atoms with Crippen molar-refractivity contribution in [3.8, 4) is 11.1 Å². The molecule has 0 aromatic heterocycles. The van der Waals surface area contributed by atoms with E-state index in [4.69, 9.17) is 0 Å². The van der Waals surface area contributed by atoms with Gasteiger partial charge in [-0.05, 0) is 58.7 Å². The first-order valence-corrected chi connectivity index (χ1v) is 8.84. The van der Waals surface area contributed by atoms with E-state index in [1.165, 1.54) is 47.1 Å². The molecule has 23 heavy (non-hydrogen) atoms. The first kappa shape index (κ1) is 13.6. The van der Waals surface area contributed by atoms with Crippen molar-refractivity contribution in [2.45, 2.75) is 50.6 Å². The van der Waals surface area contributed by atoms with Gasteiger partial charge in [0.25, 0.3) is 0 Å². The third-order valence-corrected chi connectivity index (χ3v) is 6.10. The van der Waals surface area contributed by atoms with Crippen molar-refractivity contribution in [1.82, 2.24) is 5.32 Å². The van der Waals surface area contributed by atoms with Crippen molar-refractivity contribution < 1.29 is 0 Å². The predicted molar refractivity (Wildman–Crippen MR) is 96.5 cm³/mol. The average molecular weight is 301 g/mol. The Bertz CT molecular complexity index is 828. The lowest BCUT2D eigenvalue weighted by atomic mass is 9.81. The molecular formula is C22H23N. The van der Waals surface area contributed by atoms with Crippen molar-refractivity contribution >= 4 is 5.57 Å². The predicted octanol–water partition coefficient (Wildman–Crippen LogP) is 4.90. The van der Waals surface area contributed by atoms with Crippen LogP contribution in [-0.2, 0) is 5.41 Å². The molecule has 1 nitrogen and oxygen atoms in total. The third kappa shape index (κ3) is 1.89. The average Bonchev–Trinajstić information content (AvgIpc) is 3.02. The molecule has 1 heteroatoms. The van der Waals surface area contributed by atoms with Crippen molar-refractivity contribution in [2.24, 2.45) is 0 Å². The van der Waals surface area contributed by atoms with Gasteiger partial charge in [-0.3, -0.25) is 0 Å². The highest BCUT2D eigenvalue weighted by Gasteiger charge is 2.36. The molecule has 1 N–H and O–H groups in total. The van der Waals surface area contributed by atoms with E-state index in [0.717, 1.165) is 0 Å². The number of rotatable bonds is 1. The summed E-state index contributed by atoms with van der Waals surface area (Å²) in [5, 5.41) is 3.70. The highest BCUT2D eigenvalue weighted by atomic mass is 15.0. The Morgan fingerprint density at radius 1 is 0.957 bits per heavy atom. The lowest BCUT2D eigenvalue weighted by Gasteiger charge is -2.24. The summed E-state index contributed by atoms with van der Waals surface area (Å²) >= 11 is 0. The van der Waals surface area contributed by atoms with Crippen LogP contribution in [0.1, 0.15) is 49.8 Å². The molecule has 116 valence electrons. The second-order valence-corrected chi connectivity index (χ2v) is 7.87. The molecule has 2 atom stereocenters. The lowest BCUT2D eigenvalue weighted by Crippen LogP contribution is -2.32. The van der Waals surface area contributed by atoms with Crippen LogP contribution in [0.15, 0.2) is 48.5 Å². The van der Waals surface area contributed by atoms with Crippen LogP contribution in [0.2, 0.25) is 0 Å². The fourth-order valence-electron chi connectivity index (χ4n) is 4.84. The number of hydrogen-bond donors (Lipinski definition) is 1. The maximum atomic E-state index is 3.70. The molecular weight excluding hydrogens is 278 g/mol. The molecule has 2 aromatic carbocycles. The van der Waals surface area contributed by atoms with Crippen LogP contribution in [0.3, 0.4) is 0 Å².